The standard InChI is InChI=1S/C30H42N2O6S2/c1-7-9-15-30(8-2)19-32(22-12-10-21(11-13-22)28(35)31-29(3,4)5)23-17-25(39-6)24(38-16-14-27(33)34)18-26(23)40(36,37)20-30/h10-14,16-18,36-37H,7-9,15,19-20H2,1-6H3,(H,31,35)(H,33,34)/b16-14+. The van der Waals surface area contributed by atoms with Crippen molar-refractivity contribution in [3.63, 3.8) is 0 Å². The number of hydrogen-bond donors (Lipinski definition) is 4. The third-order valence-corrected chi connectivity index (χ3v) is 9.84. The number of amides is 1. The Balaban J connectivity index is 2.17. The first kappa shape index (κ1) is 31.9. The highest BCUT2D eigenvalue weighted by molar-refractivity contribution is 8.24. The molecule has 1 amide bonds. The molecule has 1 unspecified atom stereocenters. The highest BCUT2D eigenvalue weighted by atomic mass is 32.3. The first-order chi connectivity index (χ1) is 18.7. The van der Waals surface area contributed by atoms with Crippen LogP contribution in [0.4, 0.5) is 11.4 Å². The van der Waals surface area contributed by atoms with Crippen LogP contribution in [-0.2, 0) is 4.79 Å². The van der Waals surface area contributed by atoms with E-state index in [9.17, 15) is 18.7 Å². The fourth-order valence-electron chi connectivity index (χ4n) is 4.92. The Labute approximate surface area is 243 Å². The number of unbranched alkanes of at least 4 members (excludes halogenated alkanes) is 1. The van der Waals surface area contributed by atoms with Gasteiger partial charge in [-0.2, -0.15) is 10.6 Å². The van der Waals surface area contributed by atoms with Crippen molar-refractivity contribution in [2.75, 3.05) is 23.5 Å². The van der Waals surface area contributed by atoms with E-state index in [4.69, 9.17) is 9.84 Å². The maximum absolute atomic E-state index is 12.8. The molecule has 8 nitrogen and oxygen atoms in total. The molecule has 0 fully saturated rings. The number of nitrogens with one attached hydrogen (secondary N) is 1. The van der Waals surface area contributed by atoms with Crippen LogP contribution in [0.3, 0.4) is 0 Å². The molecule has 1 aliphatic rings. The summed E-state index contributed by atoms with van der Waals surface area (Å²) >= 11 is 1.42. The van der Waals surface area contributed by atoms with Gasteiger partial charge in [-0.3, -0.25) is 13.9 Å². The molecule has 0 bridgehead atoms. The lowest BCUT2D eigenvalue weighted by Gasteiger charge is -2.41. The van der Waals surface area contributed by atoms with E-state index in [1.54, 1.807) is 18.2 Å². The molecule has 3 rings (SSSR count). The van der Waals surface area contributed by atoms with Crippen molar-refractivity contribution >= 4 is 45.6 Å². The molecule has 0 saturated heterocycles. The van der Waals surface area contributed by atoms with E-state index in [1.165, 1.54) is 11.8 Å². The topological polar surface area (TPSA) is 119 Å². The maximum Gasteiger partial charge on any atom is 0.331 e. The van der Waals surface area contributed by atoms with Crippen LogP contribution < -0.4 is 15.0 Å². The predicted molar refractivity (Wildman–Crippen MR) is 165 cm³/mol. The molecule has 0 aromatic heterocycles. The van der Waals surface area contributed by atoms with E-state index in [1.807, 2.05) is 45.2 Å². The number of hydrogen-bond acceptors (Lipinski definition) is 7. The number of fused-ring (bicyclic) bond motifs is 1. The van der Waals surface area contributed by atoms with E-state index in [0.717, 1.165) is 48.6 Å². The number of thioether (sulfide) groups is 1. The number of ether oxygens (including phenoxy) is 1. The summed E-state index contributed by atoms with van der Waals surface area (Å²) in [6.45, 7) is 10.6. The molecular weight excluding hydrogens is 548 g/mol. The summed E-state index contributed by atoms with van der Waals surface area (Å²) in [7, 11) is -3.24. The van der Waals surface area contributed by atoms with Gasteiger partial charge in [0.2, 0.25) is 0 Å². The molecule has 1 aliphatic heterocycles. The number of aliphatic carboxylic acids is 1. The second-order valence-corrected chi connectivity index (χ2v) is 14.2. The van der Waals surface area contributed by atoms with Gasteiger partial charge in [-0.1, -0.05) is 26.7 Å². The zero-order valence-corrected chi connectivity index (χ0v) is 25.8. The van der Waals surface area contributed by atoms with E-state index >= 15 is 0 Å². The largest absolute Gasteiger partial charge is 0.478 e. The number of benzene rings is 2. The fourth-order valence-corrected chi connectivity index (χ4v) is 7.71. The van der Waals surface area contributed by atoms with Crippen LogP contribution in [0.15, 0.2) is 58.5 Å². The maximum atomic E-state index is 12.8. The molecule has 4 N–H and O–H groups in total. The summed E-state index contributed by atoms with van der Waals surface area (Å²) in [5.41, 5.74) is 1.33. The molecule has 220 valence electrons. The van der Waals surface area contributed by atoms with Gasteiger partial charge in [0.15, 0.2) is 0 Å². The van der Waals surface area contributed by atoms with Crippen molar-refractivity contribution in [1.29, 1.82) is 0 Å². The van der Waals surface area contributed by atoms with Crippen LogP contribution in [0.25, 0.3) is 0 Å². The Morgan fingerprint density at radius 2 is 1.85 bits per heavy atom. The van der Waals surface area contributed by atoms with Crippen LogP contribution in [0.5, 0.6) is 5.75 Å². The Hall–Kier alpha value is -2.66. The van der Waals surface area contributed by atoms with Crippen LogP contribution in [0.1, 0.15) is 70.7 Å². The molecule has 1 atom stereocenters. The molecule has 0 spiro atoms. The van der Waals surface area contributed by atoms with Crippen LogP contribution in [-0.4, -0.2) is 50.2 Å². The molecule has 2 aromatic rings. The number of carboxylic acid groups (broad SMARTS) is 1. The first-order valence-corrected chi connectivity index (χ1v) is 16.4. The molecule has 0 saturated carbocycles. The Morgan fingerprint density at radius 3 is 2.40 bits per heavy atom. The van der Waals surface area contributed by atoms with E-state index in [0.29, 0.717) is 28.4 Å². The van der Waals surface area contributed by atoms with Crippen molar-refractivity contribution in [3.8, 4) is 5.75 Å². The quantitative estimate of drug-likeness (QED) is 0.126. The lowest BCUT2D eigenvalue weighted by atomic mass is 9.81. The zero-order chi connectivity index (χ0) is 29.7. The molecule has 0 radical (unpaired) electrons. The Morgan fingerprint density at radius 1 is 1.18 bits per heavy atom. The van der Waals surface area contributed by atoms with E-state index < -0.39 is 16.6 Å². The van der Waals surface area contributed by atoms with Gasteiger partial charge in [0.05, 0.1) is 27.8 Å². The number of carbonyl (C=O) groups is 2. The number of anilines is 2. The van der Waals surface area contributed by atoms with Crippen molar-refractivity contribution in [1.82, 2.24) is 5.32 Å². The summed E-state index contributed by atoms with van der Waals surface area (Å²) < 4.78 is 28.9. The summed E-state index contributed by atoms with van der Waals surface area (Å²) in [5, 5.41) is 12.0. The number of nitrogens with zero attached hydrogens (tertiary/aromatic N) is 1. The summed E-state index contributed by atoms with van der Waals surface area (Å²) in [6.07, 6.45) is 7.42. The highest BCUT2D eigenvalue weighted by Gasteiger charge is 2.42. The van der Waals surface area contributed by atoms with Crippen molar-refractivity contribution in [3.05, 3.63) is 54.3 Å². The SMILES string of the molecule is CCCCC1(CC)CN(c2ccc(C(=O)NC(C)(C)C)cc2)c2cc(SC)c(O/C=C/C(=O)O)cc2S(O)(O)C1. The smallest absolute Gasteiger partial charge is 0.331 e. The van der Waals surface area contributed by atoms with E-state index in [2.05, 4.69) is 24.1 Å². The van der Waals surface area contributed by atoms with Gasteiger partial charge in [0.25, 0.3) is 5.91 Å². The fraction of sp³-hybridized carbons (Fsp3) is 0.467. The minimum Gasteiger partial charge on any atom is -0.478 e. The summed E-state index contributed by atoms with van der Waals surface area (Å²) in [4.78, 5) is 26.9. The summed E-state index contributed by atoms with van der Waals surface area (Å²) in [5.74, 6) is -0.722. The minimum absolute atomic E-state index is 0.156. The van der Waals surface area contributed by atoms with Gasteiger partial charge in [-0.05, 0) is 70.2 Å². The molecule has 0 aliphatic carbocycles. The monoisotopic (exact) mass is 590 g/mol. The third kappa shape index (κ3) is 7.75. The second kappa shape index (κ2) is 12.9. The van der Waals surface area contributed by atoms with Crippen LogP contribution >= 0.6 is 22.4 Å². The zero-order valence-electron chi connectivity index (χ0n) is 24.2. The average molecular weight is 591 g/mol. The molecule has 40 heavy (non-hydrogen) atoms. The summed E-state index contributed by atoms with van der Waals surface area (Å²) in [6, 6.07) is 10.9. The second-order valence-electron chi connectivity index (χ2n) is 11.3. The van der Waals surface area contributed by atoms with Gasteiger partial charge in [-0.25, -0.2) is 4.79 Å². The van der Waals surface area contributed by atoms with Gasteiger partial charge in [0, 0.05) is 40.6 Å². The van der Waals surface area contributed by atoms with Gasteiger partial charge >= 0.3 is 5.97 Å². The molecule has 10 heteroatoms. The average Bonchev–Trinajstić information content (AvgIpc) is 2.98. The number of carbonyl (C=O) groups excluding carboxylic acids is 1. The van der Waals surface area contributed by atoms with Gasteiger partial charge in [0.1, 0.15) is 5.75 Å². The van der Waals surface area contributed by atoms with Gasteiger partial charge in [-0.15, -0.1) is 11.8 Å². The van der Waals surface area contributed by atoms with Crippen LogP contribution in [0, 0.1) is 5.41 Å². The number of rotatable bonds is 10. The minimum atomic E-state index is -3.24. The Bertz CT molecular complexity index is 1240. The van der Waals surface area contributed by atoms with Gasteiger partial charge < -0.3 is 20.1 Å². The van der Waals surface area contributed by atoms with Crippen molar-refractivity contribution in [2.45, 2.75) is 75.6 Å². The van der Waals surface area contributed by atoms with Crippen molar-refractivity contribution < 1.29 is 28.5 Å². The predicted octanol–water partition coefficient (Wildman–Crippen LogP) is 7.76. The lowest BCUT2D eigenvalue weighted by Crippen LogP contribution is -2.40. The lowest BCUT2D eigenvalue weighted by molar-refractivity contribution is -0.131. The third-order valence-electron chi connectivity index (χ3n) is 7.04. The normalized spacial score (nSPS) is 19.6. The Kier molecular flexibility index (Phi) is 10.3. The van der Waals surface area contributed by atoms with Crippen LogP contribution in [0.2, 0.25) is 0 Å². The first-order valence-electron chi connectivity index (χ1n) is 13.5. The number of carboxylic acids is 1. The molecule has 1 heterocycles. The van der Waals surface area contributed by atoms with Crippen molar-refractivity contribution in [2.24, 2.45) is 5.41 Å². The van der Waals surface area contributed by atoms with E-state index in [-0.39, 0.29) is 22.6 Å². The highest BCUT2D eigenvalue weighted by Crippen LogP contribution is 2.62. The molecule has 2 aromatic carbocycles. The molecular formula is C30H42N2O6S2.